The van der Waals surface area contributed by atoms with Crippen LogP contribution in [0, 0.1) is 6.92 Å². The summed E-state index contributed by atoms with van der Waals surface area (Å²) >= 11 is 0. The van der Waals surface area contributed by atoms with Gasteiger partial charge in [-0.05, 0) is 18.1 Å². The normalized spacial score (nSPS) is 11.2. The fourth-order valence-corrected chi connectivity index (χ4v) is 2.04. The summed E-state index contributed by atoms with van der Waals surface area (Å²) in [6, 6.07) is 8.06. The zero-order valence-corrected chi connectivity index (χ0v) is 12.7. The zero-order valence-electron chi connectivity index (χ0n) is 12.7. The average Bonchev–Trinajstić information content (AvgIpc) is 2.97. The van der Waals surface area contributed by atoms with E-state index in [9.17, 15) is 22.8 Å². The Bertz CT molecular complexity index is 728. The third-order valence-corrected chi connectivity index (χ3v) is 3.27. The van der Waals surface area contributed by atoms with Gasteiger partial charge in [0.15, 0.2) is 5.69 Å². The van der Waals surface area contributed by atoms with Crippen molar-refractivity contribution >= 4 is 18.1 Å². The number of anilines is 1. The Kier molecular flexibility index (Phi) is 5.22. The lowest BCUT2D eigenvalue weighted by Gasteiger charge is -2.17. The van der Waals surface area contributed by atoms with Crippen LogP contribution in [0.4, 0.5) is 19.0 Å². The van der Waals surface area contributed by atoms with Gasteiger partial charge >= 0.3 is 6.18 Å². The highest BCUT2D eigenvalue weighted by Gasteiger charge is 2.34. The standard InChI is InChI=1S/C15H15F3N4O2/c1-10-4-2-3-5-11(10)7-22(9-23)8-14(24)19-13-6-12(20-21-13)15(16,17)18/h2-6,9H,7-8H2,1H3,(H2,19,20,21,24). The molecule has 0 radical (unpaired) electrons. The summed E-state index contributed by atoms with van der Waals surface area (Å²) in [6.07, 6.45) is -4.08. The molecule has 128 valence electrons. The first-order valence-electron chi connectivity index (χ1n) is 6.96. The van der Waals surface area contributed by atoms with Gasteiger partial charge in [-0.1, -0.05) is 24.3 Å². The molecule has 1 aromatic carbocycles. The number of rotatable bonds is 6. The fraction of sp³-hybridized carbons (Fsp3) is 0.267. The predicted molar refractivity (Wildman–Crippen MR) is 79.9 cm³/mol. The summed E-state index contributed by atoms with van der Waals surface area (Å²) < 4.78 is 37.3. The number of nitrogens with zero attached hydrogens (tertiary/aromatic N) is 2. The molecule has 1 aromatic heterocycles. The second-order valence-electron chi connectivity index (χ2n) is 5.15. The fourth-order valence-electron chi connectivity index (χ4n) is 2.04. The Hall–Kier alpha value is -2.84. The predicted octanol–water partition coefficient (Wildman–Crippen LogP) is 2.33. The number of hydrogen-bond acceptors (Lipinski definition) is 3. The van der Waals surface area contributed by atoms with E-state index in [1.807, 2.05) is 31.2 Å². The smallest absolute Gasteiger partial charge is 0.332 e. The summed E-state index contributed by atoms with van der Waals surface area (Å²) in [4.78, 5) is 24.2. The second-order valence-corrected chi connectivity index (χ2v) is 5.15. The molecule has 0 saturated heterocycles. The quantitative estimate of drug-likeness (QED) is 0.792. The third kappa shape index (κ3) is 4.58. The minimum absolute atomic E-state index is 0.186. The number of amides is 2. The van der Waals surface area contributed by atoms with Gasteiger partial charge in [-0.3, -0.25) is 14.7 Å². The van der Waals surface area contributed by atoms with Crippen LogP contribution < -0.4 is 5.32 Å². The van der Waals surface area contributed by atoms with E-state index in [4.69, 9.17) is 0 Å². The minimum atomic E-state index is -4.60. The van der Waals surface area contributed by atoms with E-state index in [-0.39, 0.29) is 18.9 Å². The molecule has 0 bridgehead atoms. The average molecular weight is 340 g/mol. The Labute approximate surface area is 135 Å². The molecule has 0 saturated carbocycles. The molecule has 0 atom stereocenters. The lowest BCUT2D eigenvalue weighted by molar-refractivity contribution is -0.141. The molecular formula is C15H15F3N4O2. The number of H-pyrrole nitrogens is 1. The molecule has 6 nitrogen and oxygen atoms in total. The first kappa shape index (κ1) is 17.5. The summed E-state index contributed by atoms with van der Waals surface area (Å²) in [5.41, 5.74) is 0.705. The summed E-state index contributed by atoms with van der Waals surface area (Å²) in [5.74, 6) is -0.817. The number of aromatic amines is 1. The van der Waals surface area contributed by atoms with Crippen LogP contribution in [0.2, 0.25) is 0 Å². The highest BCUT2D eigenvalue weighted by atomic mass is 19.4. The van der Waals surface area contributed by atoms with Gasteiger partial charge in [-0.15, -0.1) is 0 Å². The van der Waals surface area contributed by atoms with Crippen molar-refractivity contribution in [2.24, 2.45) is 0 Å². The molecule has 0 aliphatic rings. The van der Waals surface area contributed by atoms with Crippen LogP contribution in [0.15, 0.2) is 30.3 Å². The SMILES string of the molecule is Cc1ccccc1CN(C=O)CC(=O)Nc1cc(C(F)(F)F)n[nH]1. The Morgan fingerprint density at radius 1 is 1.38 bits per heavy atom. The van der Waals surface area contributed by atoms with E-state index < -0.39 is 17.8 Å². The van der Waals surface area contributed by atoms with Gasteiger partial charge in [0.2, 0.25) is 12.3 Å². The summed E-state index contributed by atoms with van der Waals surface area (Å²) in [6.45, 7) is 1.81. The first-order chi connectivity index (χ1) is 11.3. The van der Waals surface area contributed by atoms with Crippen LogP contribution in [-0.2, 0) is 22.3 Å². The molecule has 0 fully saturated rings. The van der Waals surface area contributed by atoms with Crippen LogP contribution >= 0.6 is 0 Å². The van der Waals surface area contributed by atoms with Gasteiger partial charge in [0.25, 0.3) is 0 Å². The summed E-state index contributed by atoms with van der Waals surface area (Å²) in [5, 5.41) is 7.40. The first-order valence-corrected chi connectivity index (χ1v) is 6.96. The number of nitrogens with one attached hydrogen (secondary N) is 2. The monoisotopic (exact) mass is 340 g/mol. The maximum atomic E-state index is 12.4. The van der Waals surface area contributed by atoms with Crippen molar-refractivity contribution in [1.82, 2.24) is 15.1 Å². The van der Waals surface area contributed by atoms with Crippen molar-refractivity contribution in [3.63, 3.8) is 0 Å². The number of hydrogen-bond donors (Lipinski definition) is 2. The van der Waals surface area contributed by atoms with Crippen LogP contribution in [0.5, 0.6) is 0 Å². The van der Waals surface area contributed by atoms with Crippen molar-refractivity contribution < 1.29 is 22.8 Å². The number of carbonyl (C=O) groups excluding carboxylic acids is 2. The summed E-state index contributed by atoms with van der Waals surface area (Å²) in [7, 11) is 0. The number of halogens is 3. The van der Waals surface area contributed by atoms with Crippen molar-refractivity contribution in [2.45, 2.75) is 19.6 Å². The van der Waals surface area contributed by atoms with E-state index in [2.05, 4.69) is 15.5 Å². The number of aryl methyl sites for hydroxylation is 1. The number of carbonyl (C=O) groups is 2. The molecule has 2 amide bonds. The largest absolute Gasteiger partial charge is 0.435 e. The van der Waals surface area contributed by atoms with E-state index in [0.29, 0.717) is 12.5 Å². The molecule has 9 heteroatoms. The zero-order chi connectivity index (χ0) is 17.7. The van der Waals surface area contributed by atoms with Crippen molar-refractivity contribution in [3.8, 4) is 0 Å². The third-order valence-electron chi connectivity index (χ3n) is 3.27. The molecule has 24 heavy (non-hydrogen) atoms. The highest BCUT2D eigenvalue weighted by molar-refractivity contribution is 5.92. The lowest BCUT2D eigenvalue weighted by Crippen LogP contribution is -2.32. The molecule has 2 aromatic rings. The molecule has 0 aliphatic heterocycles. The topological polar surface area (TPSA) is 78.1 Å². The van der Waals surface area contributed by atoms with Crippen LogP contribution in [0.3, 0.4) is 0 Å². The molecule has 1 heterocycles. The molecule has 0 unspecified atom stereocenters. The van der Waals surface area contributed by atoms with Crippen molar-refractivity contribution in [3.05, 3.63) is 47.2 Å². The van der Waals surface area contributed by atoms with Crippen LogP contribution in [0.1, 0.15) is 16.8 Å². The van der Waals surface area contributed by atoms with E-state index >= 15 is 0 Å². The Balaban J connectivity index is 1.96. The van der Waals surface area contributed by atoms with Crippen molar-refractivity contribution in [2.75, 3.05) is 11.9 Å². The lowest BCUT2D eigenvalue weighted by atomic mass is 10.1. The van der Waals surface area contributed by atoms with Crippen LogP contribution in [0.25, 0.3) is 0 Å². The van der Waals surface area contributed by atoms with Gasteiger partial charge in [0.05, 0.1) is 6.54 Å². The van der Waals surface area contributed by atoms with Crippen LogP contribution in [-0.4, -0.2) is 34.0 Å². The molecule has 2 N–H and O–H groups in total. The highest BCUT2D eigenvalue weighted by Crippen LogP contribution is 2.28. The van der Waals surface area contributed by atoms with Gasteiger partial charge in [0.1, 0.15) is 5.82 Å². The molecule has 0 spiro atoms. The second kappa shape index (κ2) is 7.16. The maximum Gasteiger partial charge on any atom is 0.435 e. The minimum Gasteiger partial charge on any atom is -0.332 e. The van der Waals surface area contributed by atoms with Gasteiger partial charge < -0.3 is 10.2 Å². The molecule has 2 rings (SSSR count). The molecular weight excluding hydrogens is 325 g/mol. The number of aromatic nitrogens is 2. The maximum absolute atomic E-state index is 12.4. The molecule has 0 aliphatic carbocycles. The van der Waals surface area contributed by atoms with Gasteiger partial charge in [0, 0.05) is 12.6 Å². The number of benzene rings is 1. The van der Waals surface area contributed by atoms with E-state index in [1.165, 1.54) is 4.90 Å². The Morgan fingerprint density at radius 3 is 2.67 bits per heavy atom. The Morgan fingerprint density at radius 2 is 2.08 bits per heavy atom. The van der Waals surface area contributed by atoms with Gasteiger partial charge in [-0.25, -0.2) is 0 Å². The van der Waals surface area contributed by atoms with E-state index in [1.54, 1.807) is 0 Å². The van der Waals surface area contributed by atoms with Crippen molar-refractivity contribution in [1.29, 1.82) is 0 Å². The van der Waals surface area contributed by atoms with Gasteiger partial charge in [-0.2, -0.15) is 18.3 Å². The number of alkyl halides is 3. The van der Waals surface area contributed by atoms with E-state index in [0.717, 1.165) is 11.1 Å².